The Kier molecular flexibility index (Phi) is 5.22. The topological polar surface area (TPSA) is 64.5 Å². The maximum atomic E-state index is 9.39. The largest absolute Gasteiger partial charge is 0.394 e. The average Bonchev–Trinajstić information content (AvgIpc) is 2.85. The Morgan fingerprint density at radius 2 is 2.06 bits per heavy atom. The lowest BCUT2D eigenvalue weighted by Gasteiger charge is -2.33. The summed E-state index contributed by atoms with van der Waals surface area (Å²) in [4.78, 5) is 0. The van der Waals surface area contributed by atoms with E-state index in [1.165, 1.54) is 38.5 Å². The number of aliphatic hydroxyl groups is 2. The maximum absolute atomic E-state index is 9.39. The number of hydrogen-bond acceptors (Lipinski definition) is 4. The van der Waals surface area contributed by atoms with E-state index in [0.717, 1.165) is 6.54 Å². The van der Waals surface area contributed by atoms with Gasteiger partial charge in [0.15, 0.2) is 0 Å². The summed E-state index contributed by atoms with van der Waals surface area (Å²) in [5.74, 6) is 0.709. The summed E-state index contributed by atoms with van der Waals surface area (Å²) in [6.07, 6.45) is 7.13. The molecule has 4 atom stereocenters. The molecule has 0 aromatic heterocycles. The van der Waals surface area contributed by atoms with Crippen molar-refractivity contribution in [1.82, 2.24) is 10.6 Å². The summed E-state index contributed by atoms with van der Waals surface area (Å²) in [6.45, 7) is 1.53. The minimum atomic E-state index is -0.615. The summed E-state index contributed by atoms with van der Waals surface area (Å²) in [6, 6.07) is 1.18. The second kappa shape index (κ2) is 6.69. The van der Waals surface area contributed by atoms with Crippen LogP contribution in [0.15, 0.2) is 0 Å². The Hall–Kier alpha value is -0.160. The molecule has 17 heavy (non-hydrogen) atoms. The van der Waals surface area contributed by atoms with Crippen molar-refractivity contribution in [3.63, 3.8) is 0 Å². The molecule has 1 saturated heterocycles. The standard InChI is InChI=1S/C13H26N2O2/c16-9-10(17)8-15-13-6-3-4-11(13)12-5-1-2-7-14-12/h10-17H,1-9H2. The Morgan fingerprint density at radius 1 is 1.18 bits per heavy atom. The molecule has 1 aliphatic carbocycles. The van der Waals surface area contributed by atoms with Crippen LogP contribution in [0.2, 0.25) is 0 Å². The molecule has 4 nitrogen and oxygen atoms in total. The molecule has 2 aliphatic rings. The highest BCUT2D eigenvalue weighted by molar-refractivity contribution is 4.92. The second-order valence-corrected chi connectivity index (χ2v) is 5.50. The van der Waals surface area contributed by atoms with E-state index in [-0.39, 0.29) is 6.61 Å². The summed E-state index contributed by atoms with van der Waals surface area (Å²) < 4.78 is 0. The van der Waals surface area contributed by atoms with Gasteiger partial charge in [-0.15, -0.1) is 0 Å². The predicted molar refractivity (Wildman–Crippen MR) is 67.9 cm³/mol. The molecule has 4 unspecified atom stereocenters. The van der Waals surface area contributed by atoms with E-state index in [0.29, 0.717) is 24.5 Å². The molecule has 0 bridgehead atoms. The fourth-order valence-electron chi connectivity index (χ4n) is 3.32. The van der Waals surface area contributed by atoms with E-state index in [2.05, 4.69) is 10.6 Å². The first-order valence-electron chi connectivity index (χ1n) is 7.07. The molecule has 0 radical (unpaired) electrons. The molecule has 0 aromatic carbocycles. The number of nitrogens with one attached hydrogen (secondary N) is 2. The Morgan fingerprint density at radius 3 is 2.76 bits per heavy atom. The first kappa shape index (κ1) is 13.3. The highest BCUT2D eigenvalue weighted by Gasteiger charge is 2.33. The number of hydrogen-bond donors (Lipinski definition) is 4. The van der Waals surface area contributed by atoms with E-state index >= 15 is 0 Å². The van der Waals surface area contributed by atoms with Crippen molar-refractivity contribution >= 4 is 0 Å². The van der Waals surface area contributed by atoms with Gasteiger partial charge in [-0.05, 0) is 38.1 Å². The van der Waals surface area contributed by atoms with Crippen LogP contribution < -0.4 is 10.6 Å². The van der Waals surface area contributed by atoms with Gasteiger partial charge in [-0.25, -0.2) is 0 Å². The van der Waals surface area contributed by atoms with Crippen molar-refractivity contribution in [2.75, 3.05) is 19.7 Å². The number of aliphatic hydroxyl groups excluding tert-OH is 2. The predicted octanol–water partition coefficient (Wildman–Crippen LogP) is 0.240. The first-order valence-corrected chi connectivity index (χ1v) is 7.07. The van der Waals surface area contributed by atoms with Crippen LogP contribution in [0.25, 0.3) is 0 Å². The zero-order valence-electron chi connectivity index (χ0n) is 10.6. The fraction of sp³-hybridized carbons (Fsp3) is 1.00. The zero-order chi connectivity index (χ0) is 12.1. The SMILES string of the molecule is OCC(O)CNC1CCCC1C1CCCCN1. The van der Waals surface area contributed by atoms with E-state index in [9.17, 15) is 5.11 Å². The molecule has 0 aromatic rings. The molecule has 1 saturated carbocycles. The van der Waals surface area contributed by atoms with Crippen molar-refractivity contribution < 1.29 is 10.2 Å². The minimum Gasteiger partial charge on any atom is -0.394 e. The van der Waals surface area contributed by atoms with Crippen LogP contribution in [-0.2, 0) is 0 Å². The molecule has 0 amide bonds. The van der Waals surface area contributed by atoms with Crippen LogP contribution in [-0.4, -0.2) is 48.1 Å². The average molecular weight is 242 g/mol. The minimum absolute atomic E-state index is 0.147. The zero-order valence-corrected chi connectivity index (χ0v) is 10.6. The van der Waals surface area contributed by atoms with Crippen LogP contribution in [0.4, 0.5) is 0 Å². The van der Waals surface area contributed by atoms with Crippen LogP contribution in [0, 0.1) is 5.92 Å². The van der Waals surface area contributed by atoms with Gasteiger partial charge in [0.05, 0.1) is 12.7 Å². The van der Waals surface area contributed by atoms with Crippen LogP contribution in [0.3, 0.4) is 0 Å². The van der Waals surface area contributed by atoms with E-state index in [1.54, 1.807) is 0 Å². The third-order valence-electron chi connectivity index (χ3n) is 4.26. The van der Waals surface area contributed by atoms with Gasteiger partial charge in [0.1, 0.15) is 0 Å². The molecular formula is C13H26N2O2. The van der Waals surface area contributed by atoms with Gasteiger partial charge in [0.2, 0.25) is 0 Å². The molecule has 2 rings (SSSR count). The lowest BCUT2D eigenvalue weighted by atomic mass is 9.88. The summed E-state index contributed by atoms with van der Waals surface area (Å²) in [5, 5.41) is 25.3. The summed E-state index contributed by atoms with van der Waals surface area (Å²) in [5.41, 5.74) is 0. The Labute approximate surface area is 104 Å². The molecular weight excluding hydrogens is 216 g/mol. The van der Waals surface area contributed by atoms with Gasteiger partial charge in [-0.2, -0.15) is 0 Å². The van der Waals surface area contributed by atoms with E-state index in [4.69, 9.17) is 5.11 Å². The fourth-order valence-corrected chi connectivity index (χ4v) is 3.32. The lowest BCUT2D eigenvalue weighted by Crippen LogP contribution is -2.48. The van der Waals surface area contributed by atoms with Gasteiger partial charge in [-0.1, -0.05) is 12.8 Å². The van der Waals surface area contributed by atoms with Crippen LogP contribution in [0.5, 0.6) is 0 Å². The second-order valence-electron chi connectivity index (χ2n) is 5.50. The van der Waals surface area contributed by atoms with Crippen molar-refractivity contribution in [3.8, 4) is 0 Å². The van der Waals surface area contributed by atoms with E-state index < -0.39 is 6.10 Å². The van der Waals surface area contributed by atoms with Crippen molar-refractivity contribution in [1.29, 1.82) is 0 Å². The van der Waals surface area contributed by atoms with Gasteiger partial charge in [0, 0.05) is 18.6 Å². The number of piperidine rings is 1. The number of rotatable bonds is 5. The highest BCUT2D eigenvalue weighted by atomic mass is 16.3. The van der Waals surface area contributed by atoms with Gasteiger partial charge in [-0.3, -0.25) is 0 Å². The molecule has 0 spiro atoms. The van der Waals surface area contributed by atoms with Gasteiger partial charge >= 0.3 is 0 Å². The normalized spacial score (nSPS) is 36.0. The third kappa shape index (κ3) is 3.65. The first-order chi connectivity index (χ1) is 8.31. The quantitative estimate of drug-likeness (QED) is 0.558. The smallest absolute Gasteiger partial charge is 0.0895 e. The molecule has 4 N–H and O–H groups in total. The summed E-state index contributed by atoms with van der Waals surface area (Å²) in [7, 11) is 0. The van der Waals surface area contributed by atoms with Gasteiger partial charge in [0.25, 0.3) is 0 Å². The maximum Gasteiger partial charge on any atom is 0.0895 e. The Balaban J connectivity index is 1.79. The van der Waals surface area contributed by atoms with Crippen LogP contribution in [0.1, 0.15) is 38.5 Å². The highest BCUT2D eigenvalue weighted by Crippen LogP contribution is 2.31. The Bertz CT molecular complexity index is 219. The van der Waals surface area contributed by atoms with Crippen molar-refractivity contribution in [2.24, 2.45) is 5.92 Å². The monoisotopic (exact) mass is 242 g/mol. The van der Waals surface area contributed by atoms with E-state index in [1.807, 2.05) is 0 Å². The van der Waals surface area contributed by atoms with Crippen molar-refractivity contribution in [2.45, 2.75) is 56.7 Å². The third-order valence-corrected chi connectivity index (χ3v) is 4.26. The molecule has 4 heteroatoms. The van der Waals surface area contributed by atoms with Crippen LogP contribution >= 0.6 is 0 Å². The van der Waals surface area contributed by atoms with Crippen molar-refractivity contribution in [3.05, 3.63) is 0 Å². The summed E-state index contributed by atoms with van der Waals surface area (Å²) >= 11 is 0. The molecule has 1 heterocycles. The lowest BCUT2D eigenvalue weighted by molar-refractivity contribution is 0.0890. The molecule has 1 aliphatic heterocycles. The molecule has 100 valence electrons. The van der Waals surface area contributed by atoms with Gasteiger partial charge < -0.3 is 20.8 Å². The molecule has 2 fully saturated rings.